The molecule has 0 saturated carbocycles. The molecule has 132 valence electrons. The van der Waals surface area contributed by atoms with E-state index in [0.29, 0.717) is 28.6 Å². The number of carbonyl (C=O) groups excluding carboxylic acids is 1. The number of nitrogens with one attached hydrogen (secondary N) is 1. The first-order valence-electron chi connectivity index (χ1n) is 8.04. The number of anilines is 1. The average Bonchev–Trinajstić information content (AvgIpc) is 2.69. The van der Waals surface area contributed by atoms with E-state index >= 15 is 0 Å². The Balaban J connectivity index is 1.80. The van der Waals surface area contributed by atoms with Crippen molar-refractivity contribution >= 4 is 11.6 Å². The number of hydrogen-bond acceptors (Lipinski definition) is 5. The van der Waals surface area contributed by atoms with Crippen molar-refractivity contribution in [2.75, 3.05) is 19.5 Å². The summed E-state index contributed by atoms with van der Waals surface area (Å²) in [6.45, 7) is 1.87. The molecule has 0 aliphatic carbocycles. The molecule has 26 heavy (non-hydrogen) atoms. The predicted molar refractivity (Wildman–Crippen MR) is 99.7 cm³/mol. The van der Waals surface area contributed by atoms with E-state index in [1.165, 1.54) is 0 Å². The lowest BCUT2D eigenvalue weighted by Crippen LogP contribution is -2.13. The van der Waals surface area contributed by atoms with Gasteiger partial charge in [0.15, 0.2) is 5.82 Å². The Morgan fingerprint density at radius 2 is 1.54 bits per heavy atom. The fourth-order valence-electron chi connectivity index (χ4n) is 2.55. The minimum absolute atomic E-state index is 0.294. The van der Waals surface area contributed by atoms with Crippen LogP contribution in [-0.4, -0.2) is 30.1 Å². The van der Waals surface area contributed by atoms with E-state index < -0.39 is 0 Å². The topological polar surface area (TPSA) is 73.3 Å². The Morgan fingerprint density at radius 1 is 0.962 bits per heavy atom. The first kappa shape index (κ1) is 17.4. The molecule has 1 N–H and O–H groups in total. The van der Waals surface area contributed by atoms with Crippen LogP contribution < -0.4 is 14.8 Å². The second-order valence-electron chi connectivity index (χ2n) is 5.62. The highest BCUT2D eigenvalue weighted by Gasteiger charge is 2.14. The number of ether oxygens (including phenoxy) is 2. The molecule has 1 amide bonds. The number of methoxy groups -OCH3 is 2. The van der Waals surface area contributed by atoms with Crippen LogP contribution in [0.2, 0.25) is 0 Å². The molecule has 0 fully saturated rings. The van der Waals surface area contributed by atoms with Gasteiger partial charge in [0.1, 0.15) is 11.5 Å². The van der Waals surface area contributed by atoms with Crippen molar-refractivity contribution in [3.63, 3.8) is 0 Å². The molecular formula is C20H19N3O3. The monoisotopic (exact) mass is 349 g/mol. The summed E-state index contributed by atoms with van der Waals surface area (Å²) in [4.78, 5) is 21.1. The van der Waals surface area contributed by atoms with Crippen molar-refractivity contribution in [2.45, 2.75) is 6.92 Å². The fraction of sp³-hybridized carbons (Fsp3) is 0.150. The Labute approximate surface area is 151 Å². The molecule has 0 radical (unpaired) electrons. The lowest BCUT2D eigenvalue weighted by atomic mass is 10.1. The zero-order valence-corrected chi connectivity index (χ0v) is 14.8. The van der Waals surface area contributed by atoms with Gasteiger partial charge in [-0.05, 0) is 19.1 Å². The molecule has 0 atom stereocenters. The summed E-state index contributed by atoms with van der Waals surface area (Å²) in [6, 6.07) is 13.0. The molecule has 0 spiro atoms. The van der Waals surface area contributed by atoms with Crippen LogP contribution in [0.3, 0.4) is 0 Å². The van der Waals surface area contributed by atoms with Crippen molar-refractivity contribution in [3.8, 4) is 22.9 Å². The summed E-state index contributed by atoms with van der Waals surface area (Å²) >= 11 is 0. The second-order valence-corrected chi connectivity index (χ2v) is 5.62. The van der Waals surface area contributed by atoms with Gasteiger partial charge in [0.2, 0.25) is 0 Å². The van der Waals surface area contributed by atoms with Crippen molar-refractivity contribution in [1.29, 1.82) is 0 Å². The predicted octanol–water partition coefficient (Wildman–Crippen LogP) is 3.72. The molecule has 1 aromatic heterocycles. The van der Waals surface area contributed by atoms with Crippen molar-refractivity contribution in [1.82, 2.24) is 9.97 Å². The van der Waals surface area contributed by atoms with Crippen molar-refractivity contribution in [3.05, 3.63) is 66.0 Å². The van der Waals surface area contributed by atoms with E-state index in [1.54, 1.807) is 38.7 Å². The maximum atomic E-state index is 12.5. The van der Waals surface area contributed by atoms with E-state index in [2.05, 4.69) is 15.3 Å². The smallest absolute Gasteiger partial charge is 0.256 e. The van der Waals surface area contributed by atoms with Crippen LogP contribution in [0.5, 0.6) is 11.5 Å². The van der Waals surface area contributed by atoms with E-state index in [0.717, 1.165) is 11.1 Å². The van der Waals surface area contributed by atoms with Gasteiger partial charge in [0.25, 0.3) is 5.91 Å². The summed E-state index contributed by atoms with van der Waals surface area (Å²) in [5.74, 6) is 1.48. The summed E-state index contributed by atoms with van der Waals surface area (Å²) in [5, 5.41) is 2.78. The minimum Gasteiger partial charge on any atom is -0.496 e. The molecule has 0 unspecified atom stereocenters. The largest absolute Gasteiger partial charge is 0.496 e. The van der Waals surface area contributed by atoms with Gasteiger partial charge in [-0.1, -0.05) is 30.3 Å². The van der Waals surface area contributed by atoms with E-state index in [4.69, 9.17) is 9.47 Å². The average molecular weight is 349 g/mol. The van der Waals surface area contributed by atoms with Gasteiger partial charge in [-0.2, -0.15) is 0 Å². The summed E-state index contributed by atoms with van der Waals surface area (Å²) in [5.41, 5.74) is 2.69. The summed E-state index contributed by atoms with van der Waals surface area (Å²) in [6.07, 6.45) is 3.16. The molecule has 0 aliphatic heterocycles. The molecule has 6 heteroatoms. The highest BCUT2D eigenvalue weighted by molar-refractivity contribution is 6.04. The third-order valence-electron chi connectivity index (χ3n) is 3.96. The third-order valence-corrected chi connectivity index (χ3v) is 3.96. The third kappa shape index (κ3) is 3.64. The second kappa shape index (κ2) is 7.65. The number of nitrogens with zero attached hydrogens (tertiary/aromatic N) is 2. The molecule has 1 heterocycles. The number of aromatic nitrogens is 2. The molecule has 3 aromatic rings. The van der Waals surface area contributed by atoms with Crippen LogP contribution in [0.15, 0.2) is 54.9 Å². The fourth-order valence-corrected chi connectivity index (χ4v) is 2.55. The van der Waals surface area contributed by atoms with Crippen LogP contribution in [0.1, 0.15) is 15.9 Å². The highest BCUT2D eigenvalue weighted by Crippen LogP contribution is 2.29. The van der Waals surface area contributed by atoms with E-state index in [-0.39, 0.29) is 5.91 Å². The van der Waals surface area contributed by atoms with Gasteiger partial charge in [0.05, 0.1) is 32.3 Å². The molecule has 0 saturated heterocycles. The van der Waals surface area contributed by atoms with Crippen molar-refractivity contribution in [2.24, 2.45) is 0 Å². The van der Waals surface area contributed by atoms with Crippen LogP contribution in [0, 0.1) is 6.92 Å². The molecule has 2 aromatic carbocycles. The molecular weight excluding hydrogens is 330 g/mol. The number of carbonyl (C=O) groups is 1. The van der Waals surface area contributed by atoms with E-state index in [1.807, 2.05) is 37.3 Å². The Hall–Kier alpha value is -3.41. The van der Waals surface area contributed by atoms with Gasteiger partial charge in [0, 0.05) is 16.7 Å². The standard InChI is InChI=1S/C20H19N3O3/c1-13-17(25-2)9-15(10-18(13)26-3)20(24)23-16-11-21-19(22-12-16)14-7-5-4-6-8-14/h4-12H,1-3H3,(H,23,24). The Kier molecular flexibility index (Phi) is 5.12. The normalized spacial score (nSPS) is 10.3. The molecule has 6 nitrogen and oxygen atoms in total. The van der Waals surface area contributed by atoms with Gasteiger partial charge in [-0.15, -0.1) is 0 Å². The van der Waals surface area contributed by atoms with Crippen molar-refractivity contribution < 1.29 is 14.3 Å². The number of rotatable bonds is 5. The lowest BCUT2D eigenvalue weighted by Gasteiger charge is -2.12. The minimum atomic E-state index is -0.294. The van der Waals surface area contributed by atoms with Crippen LogP contribution in [0.25, 0.3) is 11.4 Å². The Morgan fingerprint density at radius 3 is 2.08 bits per heavy atom. The highest BCUT2D eigenvalue weighted by atomic mass is 16.5. The number of amides is 1. The summed E-state index contributed by atoms with van der Waals surface area (Å²) < 4.78 is 10.6. The zero-order valence-electron chi connectivity index (χ0n) is 14.8. The summed E-state index contributed by atoms with van der Waals surface area (Å²) in [7, 11) is 3.11. The van der Waals surface area contributed by atoms with Gasteiger partial charge < -0.3 is 14.8 Å². The number of benzene rings is 2. The van der Waals surface area contributed by atoms with Crippen LogP contribution in [-0.2, 0) is 0 Å². The first-order valence-corrected chi connectivity index (χ1v) is 8.04. The first-order chi connectivity index (χ1) is 12.6. The quantitative estimate of drug-likeness (QED) is 0.760. The SMILES string of the molecule is COc1cc(C(=O)Nc2cnc(-c3ccccc3)nc2)cc(OC)c1C. The Bertz CT molecular complexity index is 884. The maximum absolute atomic E-state index is 12.5. The molecule has 0 aliphatic rings. The van der Waals surface area contributed by atoms with E-state index in [9.17, 15) is 4.79 Å². The number of hydrogen-bond donors (Lipinski definition) is 1. The van der Waals surface area contributed by atoms with Gasteiger partial charge in [-0.25, -0.2) is 9.97 Å². The lowest BCUT2D eigenvalue weighted by molar-refractivity contribution is 0.102. The van der Waals surface area contributed by atoms with Gasteiger partial charge in [-0.3, -0.25) is 4.79 Å². The zero-order chi connectivity index (χ0) is 18.5. The van der Waals surface area contributed by atoms with Crippen LogP contribution in [0.4, 0.5) is 5.69 Å². The van der Waals surface area contributed by atoms with Crippen LogP contribution >= 0.6 is 0 Å². The molecule has 0 bridgehead atoms. The van der Waals surface area contributed by atoms with Gasteiger partial charge >= 0.3 is 0 Å². The maximum Gasteiger partial charge on any atom is 0.256 e. The molecule has 3 rings (SSSR count).